The molecule has 0 aliphatic carbocycles. The van der Waals surface area contributed by atoms with E-state index in [4.69, 9.17) is 4.74 Å². The Labute approximate surface area is 329 Å². The number of hydrogen-bond acceptors (Lipinski definition) is 2. The first-order valence-corrected chi connectivity index (χ1v) is 24.5. The van der Waals surface area contributed by atoms with Crippen LogP contribution in [0.1, 0.15) is 290 Å². The van der Waals surface area contributed by atoms with Crippen LogP contribution in [0.25, 0.3) is 0 Å². The maximum atomic E-state index is 12.0. The lowest BCUT2D eigenvalue weighted by Gasteiger charge is -2.06. The highest BCUT2D eigenvalue weighted by molar-refractivity contribution is 5.69. The van der Waals surface area contributed by atoms with Crippen molar-refractivity contribution in [1.82, 2.24) is 0 Å². The molecule has 0 saturated heterocycles. The second-order valence-corrected chi connectivity index (χ2v) is 17.3. The molecule has 0 saturated carbocycles. The zero-order valence-electron chi connectivity index (χ0n) is 36.5. The molecule has 0 atom stereocenters. The van der Waals surface area contributed by atoms with E-state index >= 15 is 0 Å². The number of hydrogen-bond donors (Lipinski definition) is 0. The molecule has 0 aliphatic heterocycles. The predicted molar refractivity (Wildman–Crippen MR) is 235 cm³/mol. The fourth-order valence-corrected chi connectivity index (χ4v) is 7.67. The summed E-state index contributed by atoms with van der Waals surface area (Å²) in [7, 11) is 0. The molecule has 0 spiro atoms. The third kappa shape index (κ3) is 47.2. The Morgan fingerprint density at radius 1 is 0.385 bits per heavy atom. The SMILES string of the molecule is CCCCCCCCC=CCCCCCCCCCC(=O)OCCCCCCCCCCCCCCCCCCCCCCCCCCCC(C)C. The van der Waals surface area contributed by atoms with E-state index in [-0.39, 0.29) is 5.97 Å². The standard InChI is InChI=1S/C50H98O2/c1-4-5-6-7-8-9-10-11-12-22-26-29-32-35-38-41-44-47-50(51)52-48-45-42-39-36-33-30-27-24-21-19-17-15-13-14-16-18-20-23-25-28-31-34-37-40-43-46-49(2)3/h11-12,49H,4-10,13-48H2,1-3H3. The van der Waals surface area contributed by atoms with Gasteiger partial charge in [-0.2, -0.15) is 0 Å². The van der Waals surface area contributed by atoms with E-state index in [0.717, 1.165) is 18.8 Å². The average molecular weight is 731 g/mol. The number of esters is 1. The second-order valence-electron chi connectivity index (χ2n) is 17.3. The fraction of sp³-hybridized carbons (Fsp3) is 0.940. The summed E-state index contributed by atoms with van der Waals surface area (Å²) in [5.74, 6) is 0.912. The summed E-state index contributed by atoms with van der Waals surface area (Å²) >= 11 is 0. The van der Waals surface area contributed by atoms with E-state index in [0.29, 0.717) is 13.0 Å². The average Bonchev–Trinajstić information content (AvgIpc) is 3.13. The summed E-state index contributed by atoms with van der Waals surface area (Å²) in [6, 6.07) is 0. The van der Waals surface area contributed by atoms with Crippen molar-refractivity contribution >= 4 is 5.97 Å². The van der Waals surface area contributed by atoms with Gasteiger partial charge in [-0.25, -0.2) is 0 Å². The Morgan fingerprint density at radius 3 is 1.02 bits per heavy atom. The van der Waals surface area contributed by atoms with Gasteiger partial charge in [0.25, 0.3) is 0 Å². The van der Waals surface area contributed by atoms with Crippen LogP contribution in [0.2, 0.25) is 0 Å². The zero-order valence-corrected chi connectivity index (χ0v) is 36.5. The number of rotatable bonds is 45. The van der Waals surface area contributed by atoms with Crippen LogP contribution >= 0.6 is 0 Å². The van der Waals surface area contributed by atoms with Gasteiger partial charge in [-0.15, -0.1) is 0 Å². The molecular formula is C50H98O2. The Hall–Kier alpha value is -0.790. The minimum atomic E-state index is 0.0254. The highest BCUT2D eigenvalue weighted by atomic mass is 16.5. The fourth-order valence-electron chi connectivity index (χ4n) is 7.67. The lowest BCUT2D eigenvalue weighted by atomic mass is 10.0. The van der Waals surface area contributed by atoms with Crippen LogP contribution in [0.4, 0.5) is 0 Å². The highest BCUT2D eigenvalue weighted by Crippen LogP contribution is 2.17. The van der Waals surface area contributed by atoms with E-state index in [1.54, 1.807) is 0 Å². The van der Waals surface area contributed by atoms with E-state index in [1.165, 1.54) is 250 Å². The third-order valence-corrected chi connectivity index (χ3v) is 11.3. The van der Waals surface area contributed by atoms with Gasteiger partial charge < -0.3 is 4.74 Å². The molecule has 0 bridgehead atoms. The third-order valence-electron chi connectivity index (χ3n) is 11.3. The predicted octanol–water partition coefficient (Wildman–Crippen LogP) is 18.1. The minimum absolute atomic E-state index is 0.0254. The Bertz CT molecular complexity index is 682. The van der Waals surface area contributed by atoms with Crippen molar-refractivity contribution in [2.45, 2.75) is 290 Å². The van der Waals surface area contributed by atoms with Crippen molar-refractivity contribution in [1.29, 1.82) is 0 Å². The zero-order chi connectivity index (χ0) is 37.7. The summed E-state index contributed by atoms with van der Waals surface area (Å²) in [5.41, 5.74) is 0. The van der Waals surface area contributed by atoms with Gasteiger partial charge in [0.2, 0.25) is 0 Å². The van der Waals surface area contributed by atoms with Gasteiger partial charge in [-0.05, 0) is 44.4 Å². The maximum Gasteiger partial charge on any atom is 0.305 e. The lowest BCUT2D eigenvalue weighted by Crippen LogP contribution is -2.05. The van der Waals surface area contributed by atoms with Crippen LogP contribution in [-0.2, 0) is 9.53 Å². The molecule has 2 nitrogen and oxygen atoms in total. The van der Waals surface area contributed by atoms with Gasteiger partial charge in [-0.3, -0.25) is 4.79 Å². The summed E-state index contributed by atoms with van der Waals surface area (Å²) in [6.45, 7) is 7.61. The number of carbonyl (C=O) groups excluding carboxylic acids is 1. The summed E-state index contributed by atoms with van der Waals surface area (Å²) in [4.78, 5) is 12.0. The number of unbranched alkanes of at least 4 members (excludes halogenated alkanes) is 37. The maximum absolute atomic E-state index is 12.0. The molecule has 0 amide bonds. The number of carbonyl (C=O) groups is 1. The van der Waals surface area contributed by atoms with Gasteiger partial charge in [0, 0.05) is 6.42 Å². The van der Waals surface area contributed by atoms with Crippen molar-refractivity contribution in [3.05, 3.63) is 12.2 Å². The van der Waals surface area contributed by atoms with E-state index in [1.807, 2.05) is 0 Å². The van der Waals surface area contributed by atoms with Crippen LogP contribution in [0, 0.1) is 5.92 Å². The molecule has 0 aliphatic rings. The van der Waals surface area contributed by atoms with E-state index in [2.05, 4.69) is 32.9 Å². The minimum Gasteiger partial charge on any atom is -0.466 e. The Morgan fingerprint density at radius 2 is 0.673 bits per heavy atom. The first kappa shape index (κ1) is 51.2. The van der Waals surface area contributed by atoms with Crippen molar-refractivity contribution in [3.8, 4) is 0 Å². The molecule has 0 heterocycles. The van der Waals surface area contributed by atoms with Crippen LogP contribution in [-0.4, -0.2) is 12.6 Å². The van der Waals surface area contributed by atoms with Crippen molar-refractivity contribution in [2.24, 2.45) is 5.92 Å². The Kier molecular flexibility index (Phi) is 45.7. The lowest BCUT2D eigenvalue weighted by molar-refractivity contribution is -0.143. The summed E-state index contributed by atoms with van der Waals surface area (Å²) in [5, 5.41) is 0. The van der Waals surface area contributed by atoms with Crippen LogP contribution in [0.15, 0.2) is 12.2 Å². The molecule has 310 valence electrons. The number of ether oxygens (including phenoxy) is 1. The van der Waals surface area contributed by atoms with Gasteiger partial charge in [-0.1, -0.05) is 258 Å². The quantitative estimate of drug-likeness (QED) is 0.0354. The molecule has 0 aromatic carbocycles. The topological polar surface area (TPSA) is 26.3 Å². The molecular weight excluding hydrogens is 633 g/mol. The molecule has 0 N–H and O–H groups in total. The first-order chi connectivity index (χ1) is 25.7. The second kappa shape index (κ2) is 46.4. The van der Waals surface area contributed by atoms with Crippen molar-refractivity contribution < 1.29 is 9.53 Å². The molecule has 0 unspecified atom stereocenters. The van der Waals surface area contributed by atoms with Gasteiger partial charge >= 0.3 is 5.97 Å². The van der Waals surface area contributed by atoms with Gasteiger partial charge in [0.1, 0.15) is 0 Å². The van der Waals surface area contributed by atoms with E-state index < -0.39 is 0 Å². The summed E-state index contributed by atoms with van der Waals surface area (Å²) < 4.78 is 5.48. The molecule has 0 aromatic heterocycles. The van der Waals surface area contributed by atoms with Crippen LogP contribution in [0.3, 0.4) is 0 Å². The van der Waals surface area contributed by atoms with Gasteiger partial charge in [0.05, 0.1) is 6.61 Å². The number of allylic oxidation sites excluding steroid dienone is 2. The highest BCUT2D eigenvalue weighted by Gasteiger charge is 2.03. The summed E-state index contributed by atoms with van der Waals surface area (Å²) in [6.07, 6.45) is 62.0. The molecule has 52 heavy (non-hydrogen) atoms. The molecule has 2 heteroatoms. The molecule has 0 aromatic rings. The normalized spacial score (nSPS) is 11.8. The van der Waals surface area contributed by atoms with Crippen molar-refractivity contribution in [3.63, 3.8) is 0 Å². The van der Waals surface area contributed by atoms with Crippen LogP contribution in [0.5, 0.6) is 0 Å². The largest absolute Gasteiger partial charge is 0.466 e. The van der Waals surface area contributed by atoms with Gasteiger partial charge in [0.15, 0.2) is 0 Å². The smallest absolute Gasteiger partial charge is 0.305 e. The molecule has 0 radical (unpaired) electrons. The molecule has 0 rings (SSSR count). The monoisotopic (exact) mass is 731 g/mol. The first-order valence-electron chi connectivity index (χ1n) is 24.5. The van der Waals surface area contributed by atoms with Crippen LogP contribution < -0.4 is 0 Å². The van der Waals surface area contributed by atoms with E-state index in [9.17, 15) is 4.79 Å². The Balaban J connectivity index is 3.16. The molecule has 0 fully saturated rings. The van der Waals surface area contributed by atoms with Crippen molar-refractivity contribution in [2.75, 3.05) is 6.61 Å².